The van der Waals surface area contributed by atoms with E-state index in [0.717, 1.165) is 5.56 Å². The van der Waals surface area contributed by atoms with Crippen LogP contribution in [0.15, 0.2) is 36.4 Å². The molecule has 1 atom stereocenters. The molecule has 1 heterocycles. The van der Waals surface area contributed by atoms with E-state index >= 15 is 0 Å². The lowest BCUT2D eigenvalue weighted by Gasteiger charge is -1.98. The van der Waals surface area contributed by atoms with Crippen molar-refractivity contribution in [2.24, 2.45) is 0 Å². The van der Waals surface area contributed by atoms with Gasteiger partial charge in [-0.15, -0.1) is 0 Å². The van der Waals surface area contributed by atoms with Crippen molar-refractivity contribution in [3.05, 3.63) is 42.0 Å². The molecule has 3 amide bonds. The van der Waals surface area contributed by atoms with E-state index < -0.39 is 18.0 Å². The Balaban J connectivity index is 2.06. The van der Waals surface area contributed by atoms with E-state index in [9.17, 15) is 9.59 Å². The van der Waals surface area contributed by atoms with Crippen LogP contribution in [-0.2, 0) is 4.79 Å². The van der Waals surface area contributed by atoms with Gasteiger partial charge in [0.25, 0.3) is 5.91 Å². The molecule has 1 aliphatic rings. The molecule has 1 unspecified atom stereocenters. The number of carbonyl (C=O) groups is 2. The van der Waals surface area contributed by atoms with Crippen LogP contribution in [0, 0.1) is 0 Å². The molecule has 2 rings (SSSR count). The normalized spacial score (nSPS) is 20.4. The van der Waals surface area contributed by atoms with E-state index in [1.54, 1.807) is 12.2 Å². The minimum Gasteiger partial charge on any atom is -0.321 e. The molecular formula is C11H9N2O2. The minimum absolute atomic E-state index is 0.438. The van der Waals surface area contributed by atoms with Crippen molar-refractivity contribution in [2.45, 2.75) is 6.04 Å². The highest BCUT2D eigenvalue weighted by Gasteiger charge is 2.29. The molecule has 1 aromatic rings. The quantitative estimate of drug-likeness (QED) is 0.723. The number of urea groups is 1. The van der Waals surface area contributed by atoms with Gasteiger partial charge in [0.15, 0.2) is 0 Å². The highest BCUT2D eigenvalue weighted by Crippen LogP contribution is 2.04. The fourth-order valence-corrected chi connectivity index (χ4v) is 1.30. The van der Waals surface area contributed by atoms with Gasteiger partial charge in [-0.2, -0.15) is 5.32 Å². The maximum Gasteiger partial charge on any atom is 0.345 e. The zero-order valence-corrected chi connectivity index (χ0v) is 7.88. The van der Waals surface area contributed by atoms with Crippen molar-refractivity contribution in [3.63, 3.8) is 0 Å². The van der Waals surface area contributed by atoms with Crippen molar-refractivity contribution in [3.8, 4) is 0 Å². The first-order valence-corrected chi connectivity index (χ1v) is 4.55. The van der Waals surface area contributed by atoms with E-state index in [2.05, 4.69) is 10.6 Å². The van der Waals surface area contributed by atoms with Gasteiger partial charge >= 0.3 is 6.03 Å². The Morgan fingerprint density at radius 3 is 2.53 bits per heavy atom. The van der Waals surface area contributed by atoms with Crippen LogP contribution < -0.4 is 10.6 Å². The van der Waals surface area contributed by atoms with Crippen LogP contribution >= 0.6 is 0 Å². The zero-order chi connectivity index (χ0) is 10.7. The van der Waals surface area contributed by atoms with E-state index in [4.69, 9.17) is 0 Å². The van der Waals surface area contributed by atoms with Gasteiger partial charge in [-0.1, -0.05) is 42.5 Å². The fourth-order valence-electron chi connectivity index (χ4n) is 1.30. The molecule has 0 aromatic heterocycles. The summed E-state index contributed by atoms with van der Waals surface area (Å²) in [6.07, 6.45) is 3.41. The van der Waals surface area contributed by atoms with Gasteiger partial charge in [0.1, 0.15) is 6.04 Å². The lowest BCUT2D eigenvalue weighted by atomic mass is 10.2. The molecule has 15 heavy (non-hydrogen) atoms. The van der Waals surface area contributed by atoms with Crippen LogP contribution in [0.2, 0.25) is 0 Å². The number of carbonyl (C=O) groups excluding carboxylic acids is 2. The zero-order valence-electron chi connectivity index (χ0n) is 7.88. The molecule has 0 saturated carbocycles. The highest BCUT2D eigenvalue weighted by molar-refractivity contribution is 6.05. The molecule has 1 aliphatic heterocycles. The SMILES string of the molecule is O=C1[N]C(=O)C(C=Cc2ccccc2)N1. The van der Waals surface area contributed by atoms with Gasteiger partial charge in [0, 0.05) is 0 Å². The summed E-state index contributed by atoms with van der Waals surface area (Å²) in [7, 11) is 0. The number of benzene rings is 1. The summed E-state index contributed by atoms with van der Waals surface area (Å²) < 4.78 is 0. The minimum atomic E-state index is -0.613. The predicted molar refractivity (Wildman–Crippen MR) is 54.9 cm³/mol. The van der Waals surface area contributed by atoms with Gasteiger partial charge < -0.3 is 5.32 Å². The first kappa shape index (κ1) is 9.45. The monoisotopic (exact) mass is 201 g/mol. The third-order valence-electron chi connectivity index (χ3n) is 2.04. The lowest BCUT2D eigenvalue weighted by Crippen LogP contribution is -2.25. The van der Waals surface area contributed by atoms with Crippen LogP contribution in [0.25, 0.3) is 6.08 Å². The number of amides is 3. The Labute approximate surface area is 87.0 Å². The highest BCUT2D eigenvalue weighted by atomic mass is 16.2. The second kappa shape index (κ2) is 3.96. The average molecular weight is 201 g/mol. The topological polar surface area (TPSA) is 60.3 Å². The molecule has 1 fully saturated rings. The summed E-state index contributed by atoms with van der Waals surface area (Å²) in [6.45, 7) is 0. The number of imide groups is 1. The molecule has 0 aliphatic carbocycles. The third kappa shape index (κ3) is 2.22. The van der Waals surface area contributed by atoms with Crippen LogP contribution in [-0.4, -0.2) is 18.0 Å². The van der Waals surface area contributed by atoms with Crippen molar-refractivity contribution in [1.82, 2.24) is 10.6 Å². The summed E-state index contributed by atoms with van der Waals surface area (Å²) in [4.78, 5) is 21.8. The maximum absolute atomic E-state index is 11.1. The van der Waals surface area contributed by atoms with E-state index in [1.165, 1.54) is 0 Å². The summed E-state index contributed by atoms with van der Waals surface area (Å²) in [5, 5.41) is 5.67. The van der Waals surface area contributed by atoms with Gasteiger partial charge in [0.2, 0.25) is 0 Å². The molecule has 1 N–H and O–H groups in total. The fraction of sp³-hybridized carbons (Fsp3) is 0.0909. The van der Waals surface area contributed by atoms with Crippen molar-refractivity contribution in [1.29, 1.82) is 0 Å². The number of hydrogen-bond acceptors (Lipinski definition) is 2. The van der Waals surface area contributed by atoms with E-state index in [0.29, 0.717) is 0 Å². The smallest absolute Gasteiger partial charge is 0.321 e. The number of nitrogens with one attached hydrogen (secondary N) is 1. The Morgan fingerprint density at radius 2 is 1.93 bits per heavy atom. The third-order valence-corrected chi connectivity index (χ3v) is 2.04. The Hall–Kier alpha value is -2.10. The molecular weight excluding hydrogens is 192 g/mol. The van der Waals surface area contributed by atoms with Crippen molar-refractivity contribution < 1.29 is 9.59 Å². The molecule has 0 bridgehead atoms. The first-order chi connectivity index (χ1) is 7.25. The maximum atomic E-state index is 11.1. The van der Waals surface area contributed by atoms with Crippen LogP contribution in [0.4, 0.5) is 4.79 Å². The second-order valence-corrected chi connectivity index (χ2v) is 3.15. The van der Waals surface area contributed by atoms with Crippen molar-refractivity contribution >= 4 is 18.0 Å². The van der Waals surface area contributed by atoms with Gasteiger partial charge in [-0.05, 0) is 5.56 Å². The number of hydrogen-bond donors (Lipinski definition) is 1. The van der Waals surface area contributed by atoms with Crippen LogP contribution in [0.5, 0.6) is 0 Å². The Bertz CT molecular complexity index is 412. The summed E-state index contributed by atoms with van der Waals surface area (Å²) >= 11 is 0. The molecule has 4 heteroatoms. The standard InChI is InChI=1S/C11H9N2O2/c14-10-9(12-11(15)13-10)7-6-8-4-2-1-3-5-8/h1-7,9H,(H,12,15). The molecule has 4 nitrogen and oxygen atoms in total. The van der Waals surface area contributed by atoms with Gasteiger partial charge in [0.05, 0.1) is 0 Å². The second-order valence-electron chi connectivity index (χ2n) is 3.15. The lowest BCUT2D eigenvalue weighted by molar-refractivity contribution is -0.119. The number of rotatable bonds is 2. The van der Waals surface area contributed by atoms with Gasteiger partial charge in [-0.25, -0.2) is 4.79 Å². The largest absolute Gasteiger partial charge is 0.345 e. The predicted octanol–water partition coefficient (Wildman–Crippen LogP) is 0.923. The van der Waals surface area contributed by atoms with Gasteiger partial charge in [-0.3, -0.25) is 4.79 Å². The first-order valence-electron chi connectivity index (χ1n) is 4.55. The van der Waals surface area contributed by atoms with E-state index in [-0.39, 0.29) is 0 Å². The molecule has 1 radical (unpaired) electrons. The summed E-state index contributed by atoms with van der Waals surface area (Å²) in [5.74, 6) is -0.438. The summed E-state index contributed by atoms with van der Waals surface area (Å²) in [5.41, 5.74) is 0.978. The molecule has 1 aromatic carbocycles. The Morgan fingerprint density at radius 1 is 1.20 bits per heavy atom. The molecule has 1 saturated heterocycles. The molecule has 0 spiro atoms. The number of nitrogens with zero attached hydrogens (tertiary/aromatic N) is 1. The Kier molecular flexibility index (Phi) is 2.49. The average Bonchev–Trinajstić information content (AvgIpc) is 2.56. The summed E-state index contributed by atoms with van der Waals surface area (Å²) in [6, 6.07) is 8.36. The molecule has 75 valence electrons. The van der Waals surface area contributed by atoms with Crippen LogP contribution in [0.3, 0.4) is 0 Å². The van der Waals surface area contributed by atoms with Crippen LogP contribution in [0.1, 0.15) is 5.56 Å². The van der Waals surface area contributed by atoms with E-state index in [1.807, 2.05) is 30.3 Å². The van der Waals surface area contributed by atoms with Crippen molar-refractivity contribution in [2.75, 3.05) is 0 Å².